The molecule has 0 saturated carbocycles. The van der Waals surface area contributed by atoms with Crippen LogP contribution in [0.15, 0.2) is 30.3 Å². The van der Waals surface area contributed by atoms with Gasteiger partial charge in [0, 0.05) is 7.05 Å². The average Bonchev–Trinajstić information content (AvgIpc) is 2.42. The Kier molecular flexibility index (Phi) is 5.76. The van der Waals surface area contributed by atoms with E-state index in [0.717, 1.165) is 5.56 Å². The molecule has 0 aliphatic carbocycles. The Hall–Kier alpha value is -2.04. The normalized spacial score (nSPS) is 12.4. The summed E-state index contributed by atoms with van der Waals surface area (Å²) in [4.78, 5) is 25.1. The van der Waals surface area contributed by atoms with Gasteiger partial charge < -0.3 is 9.47 Å². The molecule has 0 aliphatic heterocycles. The molecule has 0 spiro atoms. The number of rotatable bonds is 4. The Balaban J connectivity index is 2.51. The van der Waals surface area contributed by atoms with Crippen molar-refractivity contribution in [1.29, 1.82) is 0 Å². The van der Waals surface area contributed by atoms with Crippen molar-refractivity contribution in [3.8, 4) is 0 Å². The fourth-order valence-electron chi connectivity index (χ4n) is 1.52. The summed E-state index contributed by atoms with van der Waals surface area (Å²) < 4.78 is 10.4. The molecule has 1 aromatic rings. The van der Waals surface area contributed by atoms with Crippen molar-refractivity contribution in [3.63, 3.8) is 0 Å². The van der Waals surface area contributed by atoms with Crippen molar-refractivity contribution < 1.29 is 19.1 Å². The smallest absolute Gasteiger partial charge is 0.410 e. The van der Waals surface area contributed by atoms with Gasteiger partial charge in [-0.25, -0.2) is 9.59 Å². The van der Waals surface area contributed by atoms with E-state index in [1.54, 1.807) is 27.7 Å². The zero-order valence-electron chi connectivity index (χ0n) is 13.3. The molecular formula is C16H23NO4. The highest BCUT2D eigenvalue weighted by molar-refractivity contribution is 5.81. The molecule has 0 N–H and O–H groups in total. The van der Waals surface area contributed by atoms with E-state index in [9.17, 15) is 9.59 Å². The van der Waals surface area contributed by atoms with Gasteiger partial charge in [0.1, 0.15) is 18.2 Å². The monoisotopic (exact) mass is 293 g/mol. The van der Waals surface area contributed by atoms with Gasteiger partial charge >= 0.3 is 12.1 Å². The molecule has 5 heteroatoms. The number of esters is 1. The molecule has 1 aromatic carbocycles. The second-order valence-electron chi connectivity index (χ2n) is 5.86. The van der Waals surface area contributed by atoms with Crippen molar-refractivity contribution in [2.75, 3.05) is 7.05 Å². The Morgan fingerprint density at radius 2 is 1.76 bits per heavy atom. The second-order valence-corrected chi connectivity index (χ2v) is 5.86. The summed E-state index contributed by atoms with van der Waals surface area (Å²) in [6.45, 7) is 7.13. The first-order chi connectivity index (χ1) is 9.70. The minimum absolute atomic E-state index is 0.172. The summed E-state index contributed by atoms with van der Waals surface area (Å²) >= 11 is 0. The molecule has 0 radical (unpaired) electrons. The maximum absolute atomic E-state index is 11.9. The summed E-state index contributed by atoms with van der Waals surface area (Å²) in [6.07, 6.45) is -0.558. The van der Waals surface area contributed by atoms with Crippen LogP contribution in [0.5, 0.6) is 0 Å². The molecule has 0 heterocycles. The first kappa shape index (κ1) is 17.0. The van der Waals surface area contributed by atoms with Crippen LogP contribution in [0.2, 0.25) is 0 Å². The van der Waals surface area contributed by atoms with Gasteiger partial charge in [-0.05, 0) is 33.3 Å². The number of carbonyl (C=O) groups excluding carboxylic acids is 2. The molecule has 0 unspecified atom stereocenters. The standard InChI is InChI=1S/C16H23NO4/c1-12(14(18)21-16(2,3)4)17(5)15(19)20-11-13-9-7-6-8-10-13/h6-10,12H,11H2,1-5H3/t12-/m0/s1. The molecular weight excluding hydrogens is 270 g/mol. The topological polar surface area (TPSA) is 55.8 Å². The number of benzene rings is 1. The molecule has 0 saturated heterocycles. The predicted octanol–water partition coefficient (Wildman–Crippen LogP) is 2.99. The number of ether oxygens (including phenoxy) is 2. The summed E-state index contributed by atoms with van der Waals surface area (Å²) in [7, 11) is 1.52. The van der Waals surface area contributed by atoms with Crippen molar-refractivity contribution in [1.82, 2.24) is 4.90 Å². The molecule has 0 aliphatic rings. The van der Waals surface area contributed by atoms with Crippen LogP contribution in [-0.2, 0) is 20.9 Å². The number of likely N-dealkylation sites (N-methyl/N-ethyl adjacent to an activating group) is 1. The second kappa shape index (κ2) is 7.11. The molecule has 1 amide bonds. The Labute approximate surface area is 125 Å². The lowest BCUT2D eigenvalue weighted by molar-refractivity contribution is -0.159. The number of nitrogens with zero attached hydrogens (tertiary/aromatic N) is 1. The minimum Gasteiger partial charge on any atom is -0.458 e. The van der Waals surface area contributed by atoms with Crippen LogP contribution < -0.4 is 0 Å². The largest absolute Gasteiger partial charge is 0.458 e. The third kappa shape index (κ3) is 5.85. The number of carbonyl (C=O) groups is 2. The van der Waals surface area contributed by atoms with Crippen molar-refractivity contribution in [3.05, 3.63) is 35.9 Å². The third-order valence-corrected chi connectivity index (χ3v) is 2.82. The Morgan fingerprint density at radius 1 is 1.19 bits per heavy atom. The first-order valence-electron chi connectivity index (χ1n) is 6.87. The maximum Gasteiger partial charge on any atom is 0.410 e. The van der Waals surface area contributed by atoms with E-state index in [4.69, 9.17) is 9.47 Å². The third-order valence-electron chi connectivity index (χ3n) is 2.82. The van der Waals surface area contributed by atoms with Crippen LogP contribution >= 0.6 is 0 Å². The fourth-order valence-corrected chi connectivity index (χ4v) is 1.52. The summed E-state index contributed by atoms with van der Waals surface area (Å²) in [5, 5.41) is 0. The van der Waals surface area contributed by atoms with Gasteiger partial charge in [0.15, 0.2) is 0 Å². The number of amides is 1. The van der Waals surface area contributed by atoms with Gasteiger partial charge in [-0.15, -0.1) is 0 Å². The lowest BCUT2D eigenvalue weighted by atomic mass is 10.2. The first-order valence-corrected chi connectivity index (χ1v) is 6.87. The minimum atomic E-state index is -0.701. The highest BCUT2D eigenvalue weighted by atomic mass is 16.6. The highest BCUT2D eigenvalue weighted by Gasteiger charge is 2.28. The molecule has 1 rings (SSSR count). The van der Waals surface area contributed by atoms with E-state index in [0.29, 0.717) is 0 Å². The van der Waals surface area contributed by atoms with Crippen LogP contribution in [0.4, 0.5) is 4.79 Å². The molecule has 116 valence electrons. The SMILES string of the molecule is C[C@@H](C(=O)OC(C)(C)C)N(C)C(=O)OCc1ccccc1. The zero-order chi connectivity index (χ0) is 16.0. The van der Waals surface area contributed by atoms with E-state index in [1.807, 2.05) is 30.3 Å². The zero-order valence-corrected chi connectivity index (χ0v) is 13.3. The predicted molar refractivity (Wildman–Crippen MR) is 79.7 cm³/mol. The van der Waals surface area contributed by atoms with Gasteiger partial charge in [0.2, 0.25) is 0 Å². The van der Waals surface area contributed by atoms with E-state index in [-0.39, 0.29) is 6.61 Å². The van der Waals surface area contributed by atoms with Gasteiger partial charge in [-0.1, -0.05) is 30.3 Å². The van der Waals surface area contributed by atoms with E-state index < -0.39 is 23.7 Å². The van der Waals surface area contributed by atoms with Gasteiger partial charge in [-0.2, -0.15) is 0 Å². The van der Waals surface area contributed by atoms with Gasteiger partial charge in [0.25, 0.3) is 0 Å². The summed E-state index contributed by atoms with van der Waals surface area (Å²) in [6, 6.07) is 8.66. The Bertz CT molecular complexity index is 479. The quantitative estimate of drug-likeness (QED) is 0.801. The molecule has 5 nitrogen and oxygen atoms in total. The van der Waals surface area contributed by atoms with Crippen molar-refractivity contribution >= 4 is 12.1 Å². The molecule has 0 bridgehead atoms. The molecule has 0 fully saturated rings. The average molecular weight is 293 g/mol. The summed E-state index contributed by atoms with van der Waals surface area (Å²) in [5.74, 6) is -0.457. The lowest BCUT2D eigenvalue weighted by Gasteiger charge is -2.27. The van der Waals surface area contributed by atoms with Crippen LogP contribution in [0, 0.1) is 0 Å². The van der Waals surface area contributed by atoms with Crippen LogP contribution in [0.3, 0.4) is 0 Å². The highest BCUT2D eigenvalue weighted by Crippen LogP contribution is 2.11. The summed E-state index contributed by atoms with van der Waals surface area (Å²) in [5.41, 5.74) is 0.310. The molecule has 0 aromatic heterocycles. The van der Waals surface area contributed by atoms with Gasteiger partial charge in [-0.3, -0.25) is 4.90 Å². The molecule has 21 heavy (non-hydrogen) atoms. The van der Waals surface area contributed by atoms with Crippen LogP contribution in [-0.4, -0.2) is 35.7 Å². The van der Waals surface area contributed by atoms with Crippen LogP contribution in [0.25, 0.3) is 0 Å². The Morgan fingerprint density at radius 3 is 2.29 bits per heavy atom. The van der Waals surface area contributed by atoms with E-state index in [1.165, 1.54) is 11.9 Å². The van der Waals surface area contributed by atoms with Crippen LogP contribution in [0.1, 0.15) is 33.3 Å². The van der Waals surface area contributed by atoms with Gasteiger partial charge in [0.05, 0.1) is 0 Å². The number of hydrogen-bond acceptors (Lipinski definition) is 4. The van der Waals surface area contributed by atoms with Crippen molar-refractivity contribution in [2.24, 2.45) is 0 Å². The maximum atomic E-state index is 11.9. The van der Waals surface area contributed by atoms with Crippen molar-refractivity contribution in [2.45, 2.75) is 45.9 Å². The molecule has 1 atom stereocenters. The number of hydrogen-bond donors (Lipinski definition) is 0. The van der Waals surface area contributed by atoms with E-state index >= 15 is 0 Å². The lowest BCUT2D eigenvalue weighted by Crippen LogP contribution is -2.43. The fraction of sp³-hybridized carbons (Fsp3) is 0.500. The van der Waals surface area contributed by atoms with E-state index in [2.05, 4.69) is 0 Å².